The van der Waals surface area contributed by atoms with Crippen molar-refractivity contribution in [2.24, 2.45) is 5.92 Å². The van der Waals surface area contributed by atoms with Crippen molar-refractivity contribution in [3.05, 3.63) is 59.7 Å². The van der Waals surface area contributed by atoms with E-state index in [-0.39, 0.29) is 50.0 Å². The summed E-state index contributed by atoms with van der Waals surface area (Å²) >= 11 is 0. The predicted octanol–water partition coefficient (Wildman–Crippen LogP) is 3.30. The average molecular weight is 467 g/mol. The number of nitrogens with one attached hydrogen (secondary N) is 2. The number of benzene rings is 2. The second-order valence-corrected chi connectivity index (χ2v) is 8.81. The van der Waals surface area contributed by atoms with Gasteiger partial charge in [-0.15, -0.1) is 0 Å². The summed E-state index contributed by atoms with van der Waals surface area (Å²) in [6, 6.07) is 16.5. The summed E-state index contributed by atoms with van der Waals surface area (Å²) in [7, 11) is 0. The van der Waals surface area contributed by atoms with Crippen molar-refractivity contribution in [1.29, 1.82) is 0 Å². The van der Waals surface area contributed by atoms with Crippen molar-refractivity contribution >= 4 is 18.0 Å². The topological polar surface area (TPSA) is 114 Å². The van der Waals surface area contributed by atoms with Crippen LogP contribution in [0.4, 0.5) is 4.79 Å². The fourth-order valence-electron chi connectivity index (χ4n) is 4.69. The van der Waals surface area contributed by atoms with E-state index in [0.717, 1.165) is 12.8 Å². The lowest BCUT2D eigenvalue weighted by Crippen LogP contribution is -2.46. The summed E-state index contributed by atoms with van der Waals surface area (Å²) in [5.41, 5.74) is 4.75. The Morgan fingerprint density at radius 3 is 2.24 bits per heavy atom. The number of rotatable bonds is 11. The number of ether oxygens (including phenoxy) is 2. The first kappa shape index (κ1) is 23.8. The molecule has 2 aliphatic rings. The first-order valence-electron chi connectivity index (χ1n) is 11.7. The molecule has 0 aromatic heterocycles. The van der Waals surface area contributed by atoms with Crippen molar-refractivity contribution < 1.29 is 29.0 Å². The molecule has 3 N–H and O–H groups in total. The van der Waals surface area contributed by atoms with Gasteiger partial charge < -0.3 is 25.2 Å². The highest BCUT2D eigenvalue weighted by Gasteiger charge is 2.33. The molecule has 0 saturated heterocycles. The molecule has 1 saturated carbocycles. The van der Waals surface area contributed by atoms with Gasteiger partial charge in [0.15, 0.2) is 0 Å². The van der Waals surface area contributed by atoms with E-state index in [2.05, 4.69) is 34.9 Å². The van der Waals surface area contributed by atoms with Crippen LogP contribution < -0.4 is 10.6 Å². The average Bonchev–Trinajstić information content (AvgIpc) is 3.12. The molecule has 0 atom stereocenters. The Morgan fingerprint density at radius 2 is 1.59 bits per heavy atom. The third kappa shape index (κ3) is 5.94. The summed E-state index contributed by atoms with van der Waals surface area (Å²) in [6.07, 6.45) is 1.42. The normalized spacial score (nSPS) is 18.4. The quantitative estimate of drug-likeness (QED) is 0.438. The van der Waals surface area contributed by atoms with Crippen LogP contribution in [-0.4, -0.2) is 55.5 Å². The second kappa shape index (κ2) is 11.2. The number of carboxylic acid groups (broad SMARTS) is 1. The predicted molar refractivity (Wildman–Crippen MR) is 125 cm³/mol. The molecule has 0 unspecified atom stereocenters. The lowest BCUT2D eigenvalue weighted by Gasteiger charge is -2.35. The Kier molecular flexibility index (Phi) is 7.80. The summed E-state index contributed by atoms with van der Waals surface area (Å²) < 4.78 is 10.7. The van der Waals surface area contributed by atoms with E-state index < -0.39 is 12.1 Å². The smallest absolute Gasteiger partial charge is 0.407 e. The van der Waals surface area contributed by atoms with Gasteiger partial charge in [0.05, 0.1) is 19.6 Å². The monoisotopic (exact) mass is 466 g/mol. The van der Waals surface area contributed by atoms with E-state index in [0.29, 0.717) is 13.0 Å². The molecule has 2 aromatic rings. The summed E-state index contributed by atoms with van der Waals surface area (Å²) in [6.45, 7) is 1.06. The van der Waals surface area contributed by atoms with E-state index in [1.54, 1.807) is 0 Å². The van der Waals surface area contributed by atoms with Crippen molar-refractivity contribution in [3.63, 3.8) is 0 Å². The molecule has 2 aliphatic carbocycles. The van der Waals surface area contributed by atoms with E-state index in [4.69, 9.17) is 14.6 Å². The highest BCUT2D eigenvalue weighted by Crippen LogP contribution is 2.44. The fraction of sp³-hybridized carbons (Fsp3) is 0.423. The molecule has 180 valence electrons. The van der Waals surface area contributed by atoms with Crippen molar-refractivity contribution in [2.75, 3.05) is 26.4 Å². The maximum atomic E-state index is 12.4. The van der Waals surface area contributed by atoms with Crippen LogP contribution in [-0.2, 0) is 19.1 Å². The van der Waals surface area contributed by atoms with Crippen LogP contribution in [0.1, 0.15) is 42.7 Å². The second-order valence-electron chi connectivity index (χ2n) is 8.81. The van der Waals surface area contributed by atoms with Gasteiger partial charge in [0.2, 0.25) is 5.91 Å². The number of amides is 2. The third-order valence-electron chi connectivity index (χ3n) is 6.40. The number of hydrogen-bond donors (Lipinski definition) is 3. The molecule has 0 bridgehead atoms. The molecule has 34 heavy (non-hydrogen) atoms. The minimum atomic E-state index is -0.907. The summed E-state index contributed by atoms with van der Waals surface area (Å²) in [5, 5.41) is 14.2. The Hall–Kier alpha value is -3.39. The van der Waals surface area contributed by atoms with Crippen molar-refractivity contribution in [2.45, 2.75) is 37.6 Å². The van der Waals surface area contributed by atoms with Gasteiger partial charge in [-0.25, -0.2) is 4.79 Å². The van der Waals surface area contributed by atoms with Gasteiger partial charge in [0, 0.05) is 24.9 Å². The highest BCUT2D eigenvalue weighted by atomic mass is 16.5. The van der Waals surface area contributed by atoms with E-state index in [1.165, 1.54) is 22.3 Å². The minimum Gasteiger partial charge on any atom is -0.481 e. The van der Waals surface area contributed by atoms with Crippen LogP contribution in [0.3, 0.4) is 0 Å². The van der Waals surface area contributed by atoms with Gasteiger partial charge in [-0.3, -0.25) is 9.59 Å². The number of carboxylic acids is 1. The maximum Gasteiger partial charge on any atom is 0.407 e. The molecular formula is C26H30N2O6. The largest absolute Gasteiger partial charge is 0.481 e. The van der Waals surface area contributed by atoms with E-state index >= 15 is 0 Å². The van der Waals surface area contributed by atoms with Crippen LogP contribution in [0.25, 0.3) is 11.1 Å². The highest BCUT2D eigenvalue weighted by molar-refractivity contribution is 5.79. The molecule has 0 radical (unpaired) electrons. The first-order valence-corrected chi connectivity index (χ1v) is 11.7. The van der Waals surface area contributed by atoms with E-state index in [9.17, 15) is 14.4 Å². The number of aliphatic carboxylic acids is 1. The molecule has 0 aliphatic heterocycles. The zero-order valence-electron chi connectivity index (χ0n) is 19.0. The van der Waals surface area contributed by atoms with Gasteiger partial charge in [-0.2, -0.15) is 0 Å². The zero-order valence-corrected chi connectivity index (χ0v) is 19.0. The van der Waals surface area contributed by atoms with Crippen molar-refractivity contribution in [1.82, 2.24) is 10.6 Å². The molecule has 8 nitrogen and oxygen atoms in total. The fourth-order valence-corrected chi connectivity index (χ4v) is 4.69. The number of hydrogen-bond acceptors (Lipinski definition) is 5. The molecule has 2 aromatic carbocycles. The third-order valence-corrected chi connectivity index (χ3v) is 6.40. The van der Waals surface area contributed by atoms with Crippen LogP contribution >= 0.6 is 0 Å². The Labute approximate surface area is 198 Å². The Balaban J connectivity index is 1.13. The Bertz CT molecular complexity index is 988. The maximum absolute atomic E-state index is 12.4. The molecule has 1 fully saturated rings. The SMILES string of the molecule is O=C(O)CCOCCNC(=O)CC1CC(NC(=O)OCC2c3ccccc3-c3ccccc32)C1. The molecular weight excluding hydrogens is 436 g/mol. The van der Waals surface area contributed by atoms with Gasteiger partial charge in [0.1, 0.15) is 6.61 Å². The molecule has 4 rings (SSSR count). The lowest BCUT2D eigenvalue weighted by atomic mass is 9.78. The standard InChI is InChI=1S/C26H30N2O6/c29-24(27-10-12-33-11-9-25(30)31)15-17-13-18(14-17)28-26(32)34-16-23-21-7-3-1-5-19(21)20-6-2-4-8-22(20)23/h1-8,17-18,23H,9-16H2,(H,27,29)(H,28,32)(H,30,31). The molecule has 8 heteroatoms. The summed E-state index contributed by atoms with van der Waals surface area (Å²) in [5.74, 6) is -0.711. The van der Waals surface area contributed by atoms with E-state index in [1.807, 2.05) is 24.3 Å². The number of fused-ring (bicyclic) bond motifs is 3. The van der Waals surface area contributed by atoms with Gasteiger partial charge in [-0.05, 0) is 41.0 Å². The first-order chi connectivity index (χ1) is 16.5. The molecule has 0 heterocycles. The Morgan fingerprint density at radius 1 is 0.941 bits per heavy atom. The number of carbonyl (C=O) groups is 3. The molecule has 2 amide bonds. The van der Waals surface area contributed by atoms with Crippen LogP contribution in [0, 0.1) is 5.92 Å². The number of carbonyl (C=O) groups excluding carboxylic acids is 2. The van der Waals surface area contributed by atoms with Gasteiger partial charge in [-0.1, -0.05) is 48.5 Å². The van der Waals surface area contributed by atoms with Crippen LogP contribution in [0.15, 0.2) is 48.5 Å². The number of alkyl carbamates (subject to hydrolysis) is 1. The van der Waals surface area contributed by atoms with Crippen LogP contribution in [0.5, 0.6) is 0 Å². The van der Waals surface area contributed by atoms with Crippen LogP contribution in [0.2, 0.25) is 0 Å². The molecule has 0 spiro atoms. The van der Waals surface area contributed by atoms with Gasteiger partial charge >= 0.3 is 12.1 Å². The summed E-state index contributed by atoms with van der Waals surface area (Å²) in [4.78, 5) is 34.8. The lowest BCUT2D eigenvalue weighted by molar-refractivity contribution is -0.138. The van der Waals surface area contributed by atoms with Gasteiger partial charge in [0.25, 0.3) is 0 Å². The minimum absolute atomic E-state index is 0.0211. The van der Waals surface area contributed by atoms with Crippen molar-refractivity contribution in [3.8, 4) is 11.1 Å². The zero-order chi connectivity index (χ0) is 23.9.